The fourth-order valence-corrected chi connectivity index (χ4v) is 2.16. The first kappa shape index (κ1) is 16.2. The quantitative estimate of drug-likeness (QED) is 0.721. The number of rotatable bonds is 5. The minimum atomic E-state index is -0.454. The molecule has 1 fully saturated rings. The van der Waals surface area contributed by atoms with Crippen LogP contribution in [0, 0.1) is 5.41 Å². The molecule has 0 saturated carbocycles. The van der Waals surface area contributed by atoms with Crippen LogP contribution in [0.5, 0.6) is 0 Å². The topological polar surface area (TPSA) is 52.6 Å². The molecular formula is C15H26O4. The Hall–Kier alpha value is -0.900. The number of esters is 1. The zero-order chi connectivity index (χ0) is 14.5. The monoisotopic (exact) mass is 270 g/mol. The highest BCUT2D eigenvalue weighted by Gasteiger charge is 2.25. The molecule has 0 amide bonds. The molecule has 110 valence electrons. The number of carbonyl (C=O) groups excluding carboxylic acids is 2. The third-order valence-electron chi connectivity index (χ3n) is 3.24. The van der Waals surface area contributed by atoms with Crippen LogP contribution in [0.2, 0.25) is 0 Å². The van der Waals surface area contributed by atoms with E-state index in [1.54, 1.807) is 6.92 Å². The van der Waals surface area contributed by atoms with Crippen molar-refractivity contribution in [1.29, 1.82) is 0 Å². The molecule has 0 aliphatic carbocycles. The molecule has 0 radical (unpaired) electrons. The van der Waals surface area contributed by atoms with Gasteiger partial charge in [0.15, 0.2) is 0 Å². The predicted octanol–water partition coefficient (Wildman–Crippen LogP) is 2.88. The summed E-state index contributed by atoms with van der Waals surface area (Å²) >= 11 is 0. The second-order valence-electron chi connectivity index (χ2n) is 6.39. The van der Waals surface area contributed by atoms with Crippen molar-refractivity contribution in [2.75, 3.05) is 6.61 Å². The maximum atomic E-state index is 11.6. The van der Waals surface area contributed by atoms with Crippen LogP contribution in [-0.2, 0) is 19.1 Å². The van der Waals surface area contributed by atoms with Crippen LogP contribution in [0.4, 0.5) is 0 Å². The van der Waals surface area contributed by atoms with Crippen LogP contribution in [0.15, 0.2) is 0 Å². The van der Waals surface area contributed by atoms with Gasteiger partial charge in [-0.05, 0) is 47.0 Å². The van der Waals surface area contributed by atoms with Crippen molar-refractivity contribution in [2.24, 2.45) is 5.41 Å². The van der Waals surface area contributed by atoms with Crippen LogP contribution < -0.4 is 0 Å². The summed E-state index contributed by atoms with van der Waals surface area (Å²) in [7, 11) is 0. The Morgan fingerprint density at radius 2 is 1.84 bits per heavy atom. The molecule has 0 N–H and O–H groups in total. The maximum Gasteiger partial charge on any atom is 0.311 e. The fourth-order valence-electron chi connectivity index (χ4n) is 2.16. The van der Waals surface area contributed by atoms with Crippen molar-refractivity contribution >= 4 is 11.8 Å². The van der Waals surface area contributed by atoms with Crippen molar-refractivity contribution in [3.05, 3.63) is 0 Å². The van der Waals surface area contributed by atoms with Gasteiger partial charge in [-0.2, -0.15) is 0 Å². The van der Waals surface area contributed by atoms with E-state index in [0.717, 1.165) is 25.7 Å². The summed E-state index contributed by atoms with van der Waals surface area (Å²) in [5.74, 6) is -0.00611. The van der Waals surface area contributed by atoms with E-state index in [4.69, 9.17) is 9.47 Å². The molecule has 4 nitrogen and oxygen atoms in total. The molecule has 4 heteroatoms. The Balaban J connectivity index is 2.26. The van der Waals surface area contributed by atoms with E-state index in [1.807, 2.05) is 20.8 Å². The van der Waals surface area contributed by atoms with E-state index in [1.165, 1.54) is 0 Å². The summed E-state index contributed by atoms with van der Waals surface area (Å²) in [5.41, 5.74) is -0.454. The number of Topliss-reactive ketones (excluding diaryl/α,β-unsaturated/α-hetero) is 1. The highest BCUT2D eigenvalue weighted by Crippen LogP contribution is 2.24. The van der Waals surface area contributed by atoms with Gasteiger partial charge in [0, 0.05) is 12.8 Å². The van der Waals surface area contributed by atoms with Gasteiger partial charge in [0.1, 0.15) is 5.78 Å². The Bertz CT molecular complexity index is 317. The van der Waals surface area contributed by atoms with E-state index in [0.29, 0.717) is 13.0 Å². The molecule has 1 aliphatic heterocycles. The summed E-state index contributed by atoms with van der Waals surface area (Å²) < 4.78 is 11.1. The van der Waals surface area contributed by atoms with Crippen LogP contribution in [0.3, 0.4) is 0 Å². The lowest BCUT2D eigenvalue weighted by atomic mass is 9.97. The van der Waals surface area contributed by atoms with Crippen LogP contribution in [0.1, 0.15) is 59.8 Å². The summed E-state index contributed by atoms with van der Waals surface area (Å²) in [6.07, 6.45) is 4.41. The molecule has 0 aromatic carbocycles. The smallest absolute Gasteiger partial charge is 0.311 e. The molecule has 1 heterocycles. The third-order valence-corrected chi connectivity index (χ3v) is 3.24. The molecule has 2 atom stereocenters. The van der Waals surface area contributed by atoms with Gasteiger partial charge < -0.3 is 9.47 Å². The molecule has 1 aliphatic rings. The highest BCUT2D eigenvalue weighted by atomic mass is 16.5. The van der Waals surface area contributed by atoms with Gasteiger partial charge in [0.2, 0.25) is 0 Å². The number of carbonyl (C=O) groups is 2. The molecule has 0 aromatic rings. The molecule has 1 rings (SSSR count). The number of hydrogen-bond donors (Lipinski definition) is 0. The first-order valence-corrected chi connectivity index (χ1v) is 7.11. The SMILES string of the molecule is CC(=O)C[C@@H]1CCC[C@H](CCOC(=O)C(C)(C)C)O1. The highest BCUT2D eigenvalue weighted by molar-refractivity contribution is 5.76. The van der Waals surface area contributed by atoms with E-state index < -0.39 is 5.41 Å². The minimum absolute atomic E-state index is 0.0505. The fraction of sp³-hybridized carbons (Fsp3) is 0.867. The van der Waals surface area contributed by atoms with Crippen LogP contribution in [-0.4, -0.2) is 30.6 Å². The molecule has 0 aromatic heterocycles. The summed E-state index contributed by atoms with van der Waals surface area (Å²) in [4.78, 5) is 22.7. The normalized spacial score (nSPS) is 24.0. The summed E-state index contributed by atoms with van der Waals surface area (Å²) in [5, 5.41) is 0. The minimum Gasteiger partial charge on any atom is -0.465 e. The van der Waals surface area contributed by atoms with E-state index >= 15 is 0 Å². The van der Waals surface area contributed by atoms with Gasteiger partial charge in [-0.3, -0.25) is 9.59 Å². The zero-order valence-electron chi connectivity index (χ0n) is 12.5. The van der Waals surface area contributed by atoms with Crippen molar-refractivity contribution in [1.82, 2.24) is 0 Å². The van der Waals surface area contributed by atoms with Gasteiger partial charge in [-0.15, -0.1) is 0 Å². The average molecular weight is 270 g/mol. The number of hydrogen-bond acceptors (Lipinski definition) is 4. The first-order valence-electron chi connectivity index (χ1n) is 7.11. The standard InChI is InChI=1S/C15H26O4/c1-11(16)10-13-7-5-6-12(19-13)8-9-18-14(17)15(2,3)4/h12-13H,5-10H2,1-4H3/t12-,13+/m1/s1. The number of ketones is 1. The van der Waals surface area contributed by atoms with Gasteiger partial charge in [0.05, 0.1) is 24.2 Å². The largest absolute Gasteiger partial charge is 0.465 e. The van der Waals surface area contributed by atoms with Crippen molar-refractivity contribution in [3.63, 3.8) is 0 Å². The Morgan fingerprint density at radius 1 is 1.21 bits per heavy atom. The summed E-state index contributed by atoms with van der Waals surface area (Å²) in [6, 6.07) is 0. The lowest BCUT2D eigenvalue weighted by Crippen LogP contribution is -2.31. The predicted molar refractivity (Wildman–Crippen MR) is 72.8 cm³/mol. The molecule has 0 bridgehead atoms. The van der Waals surface area contributed by atoms with Gasteiger partial charge in [-0.25, -0.2) is 0 Å². The maximum absolute atomic E-state index is 11.6. The van der Waals surface area contributed by atoms with Crippen LogP contribution in [0.25, 0.3) is 0 Å². The summed E-state index contributed by atoms with van der Waals surface area (Å²) in [6.45, 7) is 7.52. The molecule has 0 spiro atoms. The Labute approximate surface area is 115 Å². The van der Waals surface area contributed by atoms with Gasteiger partial charge in [-0.1, -0.05) is 0 Å². The van der Waals surface area contributed by atoms with Crippen molar-refractivity contribution in [2.45, 2.75) is 72.0 Å². The molecule has 19 heavy (non-hydrogen) atoms. The van der Waals surface area contributed by atoms with Crippen molar-refractivity contribution in [3.8, 4) is 0 Å². The second-order valence-corrected chi connectivity index (χ2v) is 6.39. The molecular weight excluding hydrogens is 244 g/mol. The Morgan fingerprint density at radius 3 is 2.42 bits per heavy atom. The van der Waals surface area contributed by atoms with Crippen LogP contribution >= 0.6 is 0 Å². The first-order chi connectivity index (χ1) is 8.79. The third kappa shape index (κ3) is 6.19. The number of ether oxygens (including phenoxy) is 2. The average Bonchev–Trinajstić information content (AvgIpc) is 2.27. The molecule has 1 saturated heterocycles. The lowest BCUT2D eigenvalue weighted by molar-refractivity contribution is -0.154. The second kappa shape index (κ2) is 7.04. The molecule has 0 unspecified atom stereocenters. The van der Waals surface area contributed by atoms with Gasteiger partial charge >= 0.3 is 5.97 Å². The van der Waals surface area contributed by atoms with E-state index in [-0.39, 0.29) is 24.0 Å². The van der Waals surface area contributed by atoms with Gasteiger partial charge in [0.25, 0.3) is 0 Å². The van der Waals surface area contributed by atoms with E-state index in [2.05, 4.69) is 0 Å². The lowest BCUT2D eigenvalue weighted by Gasteiger charge is -2.29. The Kier molecular flexibility index (Phi) is 5.98. The van der Waals surface area contributed by atoms with Crippen molar-refractivity contribution < 1.29 is 19.1 Å². The zero-order valence-corrected chi connectivity index (χ0v) is 12.5. The van der Waals surface area contributed by atoms with E-state index in [9.17, 15) is 9.59 Å².